The lowest BCUT2D eigenvalue weighted by molar-refractivity contribution is 0.0410. The third-order valence-corrected chi connectivity index (χ3v) is 7.00. The normalized spacial score (nSPS) is 15.5. The maximum Gasteiger partial charge on any atom is 0.338 e. The van der Waals surface area contributed by atoms with Gasteiger partial charge in [-0.3, -0.25) is 0 Å². The van der Waals surface area contributed by atoms with Gasteiger partial charge >= 0.3 is 5.97 Å². The number of rotatable bonds is 7. The number of carbonyl (C=O) groups is 1. The number of carbonyl (C=O) groups excluding carboxylic acids is 1. The number of hydrogen-bond acceptors (Lipinski definition) is 4. The molecule has 0 unspecified atom stereocenters. The highest BCUT2D eigenvalue weighted by molar-refractivity contribution is 7.89. The highest BCUT2D eigenvalue weighted by Crippen LogP contribution is 2.24. The molecule has 0 bridgehead atoms. The molecule has 6 heteroatoms. The summed E-state index contributed by atoms with van der Waals surface area (Å²) >= 11 is 0. The molecule has 1 aliphatic rings. The van der Waals surface area contributed by atoms with Crippen molar-refractivity contribution in [2.75, 3.05) is 13.7 Å². The third kappa shape index (κ3) is 5.20. The van der Waals surface area contributed by atoms with E-state index in [4.69, 9.17) is 4.74 Å². The van der Waals surface area contributed by atoms with Crippen LogP contribution >= 0.6 is 0 Å². The first-order valence-corrected chi connectivity index (χ1v) is 11.2. The smallest absolute Gasteiger partial charge is 0.338 e. The Labute approximate surface area is 167 Å². The van der Waals surface area contributed by atoms with Crippen LogP contribution in [0.1, 0.15) is 48.0 Å². The lowest BCUT2D eigenvalue weighted by Gasteiger charge is -2.21. The van der Waals surface area contributed by atoms with E-state index in [2.05, 4.69) is 0 Å². The van der Waals surface area contributed by atoms with Crippen LogP contribution < -0.4 is 0 Å². The zero-order valence-electron chi connectivity index (χ0n) is 16.2. The minimum Gasteiger partial charge on any atom is -0.462 e. The Hall–Kier alpha value is -2.18. The summed E-state index contributed by atoms with van der Waals surface area (Å²) in [6.45, 7) is 0.670. The molecule has 28 heavy (non-hydrogen) atoms. The fraction of sp³-hybridized carbons (Fsp3) is 0.409. The van der Waals surface area contributed by atoms with Crippen molar-refractivity contribution in [1.29, 1.82) is 0 Å². The molecule has 1 fully saturated rings. The highest BCUT2D eigenvalue weighted by atomic mass is 32.2. The van der Waals surface area contributed by atoms with Crippen molar-refractivity contribution in [2.45, 2.75) is 43.5 Å². The van der Waals surface area contributed by atoms with Gasteiger partial charge in [0, 0.05) is 13.6 Å². The summed E-state index contributed by atoms with van der Waals surface area (Å²) in [5, 5.41) is 0. The van der Waals surface area contributed by atoms with Crippen molar-refractivity contribution in [3.8, 4) is 0 Å². The van der Waals surface area contributed by atoms with Crippen LogP contribution in [0.2, 0.25) is 0 Å². The predicted molar refractivity (Wildman–Crippen MR) is 108 cm³/mol. The van der Waals surface area contributed by atoms with E-state index in [9.17, 15) is 13.2 Å². The largest absolute Gasteiger partial charge is 0.462 e. The molecule has 1 saturated carbocycles. The Morgan fingerprint density at radius 1 is 1.04 bits per heavy atom. The summed E-state index contributed by atoms with van der Waals surface area (Å²) in [7, 11) is -2.16. The van der Waals surface area contributed by atoms with Gasteiger partial charge in [0.2, 0.25) is 10.0 Å². The van der Waals surface area contributed by atoms with Crippen molar-refractivity contribution in [2.24, 2.45) is 5.92 Å². The van der Waals surface area contributed by atoms with Crippen LogP contribution in [0.5, 0.6) is 0 Å². The molecule has 0 aromatic heterocycles. The summed E-state index contributed by atoms with van der Waals surface area (Å²) in [4.78, 5) is 12.5. The molecule has 0 N–H and O–H groups in total. The van der Waals surface area contributed by atoms with E-state index in [1.807, 2.05) is 30.3 Å². The van der Waals surface area contributed by atoms with Crippen molar-refractivity contribution < 1.29 is 17.9 Å². The molecule has 150 valence electrons. The number of nitrogens with zero attached hydrogens (tertiary/aromatic N) is 1. The lowest BCUT2D eigenvalue weighted by atomic mass is 9.90. The number of esters is 1. The minimum atomic E-state index is -3.70. The molecule has 0 radical (unpaired) electrons. The molecule has 0 atom stereocenters. The molecule has 2 aromatic rings. The first-order chi connectivity index (χ1) is 13.5. The van der Waals surface area contributed by atoms with Gasteiger partial charge in [-0.25, -0.2) is 13.2 Å². The van der Waals surface area contributed by atoms with Gasteiger partial charge in [0.1, 0.15) is 0 Å². The molecule has 3 rings (SSSR count). The molecular formula is C22H27NO4S. The first kappa shape index (κ1) is 20.6. The zero-order valence-corrected chi connectivity index (χ0v) is 17.0. The fourth-order valence-electron chi connectivity index (χ4n) is 3.52. The van der Waals surface area contributed by atoms with Gasteiger partial charge < -0.3 is 4.74 Å². The van der Waals surface area contributed by atoms with E-state index >= 15 is 0 Å². The van der Waals surface area contributed by atoms with E-state index in [0.29, 0.717) is 12.5 Å². The van der Waals surface area contributed by atoms with Gasteiger partial charge in [0.25, 0.3) is 0 Å². The second kappa shape index (κ2) is 9.34. The van der Waals surface area contributed by atoms with Crippen LogP contribution in [0.4, 0.5) is 0 Å². The van der Waals surface area contributed by atoms with Crippen molar-refractivity contribution in [3.63, 3.8) is 0 Å². The topological polar surface area (TPSA) is 63.7 Å². The molecular weight excluding hydrogens is 374 g/mol. The molecule has 0 heterocycles. The second-order valence-electron chi connectivity index (χ2n) is 7.38. The maximum atomic E-state index is 12.9. The maximum absolute atomic E-state index is 12.9. The van der Waals surface area contributed by atoms with Gasteiger partial charge in [-0.1, -0.05) is 55.7 Å². The van der Waals surface area contributed by atoms with Crippen LogP contribution in [0, 0.1) is 5.92 Å². The predicted octanol–water partition coefficient (Wildman–Crippen LogP) is 4.24. The van der Waals surface area contributed by atoms with Crippen LogP contribution in [0.25, 0.3) is 0 Å². The van der Waals surface area contributed by atoms with Gasteiger partial charge in [0.15, 0.2) is 0 Å². The molecule has 0 saturated heterocycles. The second-order valence-corrected chi connectivity index (χ2v) is 9.42. The Balaban J connectivity index is 1.67. The van der Waals surface area contributed by atoms with E-state index in [0.717, 1.165) is 18.4 Å². The molecule has 2 aromatic carbocycles. The van der Waals surface area contributed by atoms with Gasteiger partial charge in [0.05, 0.1) is 17.1 Å². The van der Waals surface area contributed by atoms with Crippen molar-refractivity contribution in [1.82, 2.24) is 4.31 Å². The summed E-state index contributed by atoms with van der Waals surface area (Å²) in [6.07, 6.45) is 5.80. The average molecular weight is 402 g/mol. The van der Waals surface area contributed by atoms with Crippen LogP contribution in [0.3, 0.4) is 0 Å². The number of hydrogen-bond donors (Lipinski definition) is 0. The molecule has 0 aliphatic heterocycles. The highest BCUT2D eigenvalue weighted by Gasteiger charge is 2.23. The zero-order chi connectivity index (χ0) is 20.0. The SMILES string of the molecule is CN(Cc1ccccc1)S(=O)(=O)c1cccc(C(=O)OCC2CCCCC2)c1. The summed E-state index contributed by atoms with van der Waals surface area (Å²) in [6, 6.07) is 15.5. The van der Waals surface area contributed by atoms with Crippen LogP contribution in [0.15, 0.2) is 59.5 Å². The summed E-state index contributed by atoms with van der Waals surface area (Å²) < 4.78 is 32.5. The quantitative estimate of drug-likeness (QED) is 0.651. The van der Waals surface area contributed by atoms with Crippen LogP contribution in [-0.2, 0) is 21.3 Å². The molecule has 1 aliphatic carbocycles. The van der Waals surface area contributed by atoms with Crippen LogP contribution in [-0.4, -0.2) is 32.3 Å². The Morgan fingerprint density at radius 3 is 2.46 bits per heavy atom. The molecule has 0 amide bonds. The minimum absolute atomic E-state index is 0.0954. The lowest BCUT2D eigenvalue weighted by Crippen LogP contribution is -2.26. The van der Waals surface area contributed by atoms with Crippen molar-refractivity contribution >= 4 is 16.0 Å². The van der Waals surface area contributed by atoms with E-state index in [-0.39, 0.29) is 17.0 Å². The van der Waals surface area contributed by atoms with Crippen molar-refractivity contribution in [3.05, 3.63) is 65.7 Å². The van der Waals surface area contributed by atoms with Gasteiger partial charge in [-0.2, -0.15) is 4.31 Å². The van der Waals surface area contributed by atoms with E-state index in [1.165, 1.54) is 42.7 Å². The Bertz CT molecular complexity index is 890. The first-order valence-electron chi connectivity index (χ1n) is 9.74. The number of ether oxygens (including phenoxy) is 1. The third-order valence-electron chi connectivity index (χ3n) is 5.20. The van der Waals surface area contributed by atoms with Gasteiger partial charge in [-0.15, -0.1) is 0 Å². The summed E-state index contributed by atoms with van der Waals surface area (Å²) in [5.41, 5.74) is 1.17. The summed E-state index contributed by atoms with van der Waals surface area (Å²) in [5.74, 6) is -0.0463. The molecule has 5 nitrogen and oxygen atoms in total. The molecule has 0 spiro atoms. The van der Waals surface area contributed by atoms with Gasteiger partial charge in [-0.05, 0) is 42.5 Å². The average Bonchev–Trinajstić information content (AvgIpc) is 2.73. The number of benzene rings is 2. The Kier molecular flexibility index (Phi) is 6.86. The monoisotopic (exact) mass is 401 g/mol. The number of sulfonamides is 1. The van der Waals surface area contributed by atoms with E-state index < -0.39 is 16.0 Å². The Morgan fingerprint density at radius 2 is 1.75 bits per heavy atom. The standard InChI is InChI=1S/C22H27NO4S/c1-23(16-18-9-4-2-5-10-18)28(25,26)21-14-8-13-20(15-21)22(24)27-17-19-11-6-3-7-12-19/h2,4-5,8-10,13-15,19H,3,6-7,11-12,16-17H2,1H3. The van der Waals surface area contributed by atoms with E-state index in [1.54, 1.807) is 12.1 Å². The fourth-order valence-corrected chi connectivity index (χ4v) is 4.73.